The van der Waals surface area contributed by atoms with Crippen LogP contribution in [0.2, 0.25) is 0 Å². The molecule has 1 aliphatic heterocycles. The van der Waals surface area contributed by atoms with Gasteiger partial charge in [-0.1, -0.05) is 45.4 Å². The molecule has 1 fully saturated rings. The summed E-state index contributed by atoms with van der Waals surface area (Å²) in [6.45, 7) is 4.29. The minimum absolute atomic E-state index is 0.0759. The van der Waals surface area contributed by atoms with Crippen molar-refractivity contribution in [2.45, 2.75) is 58.0 Å². The van der Waals surface area contributed by atoms with Crippen LogP contribution in [0, 0.1) is 0 Å². The van der Waals surface area contributed by atoms with Gasteiger partial charge < -0.3 is 9.05 Å². The molecule has 0 aromatic rings. The SMILES string of the molecule is CCCCCCCCC1COP(C)(=O)O1. The van der Waals surface area contributed by atoms with E-state index < -0.39 is 7.60 Å². The van der Waals surface area contributed by atoms with Crippen LogP contribution in [0.5, 0.6) is 0 Å². The fourth-order valence-corrected chi connectivity index (χ4v) is 3.04. The first-order valence-corrected chi connectivity index (χ1v) is 8.03. The monoisotopic (exact) mass is 234 g/mol. The highest BCUT2D eigenvalue weighted by Gasteiger charge is 2.31. The van der Waals surface area contributed by atoms with Crippen molar-refractivity contribution in [2.24, 2.45) is 0 Å². The lowest BCUT2D eigenvalue weighted by Gasteiger charge is -2.07. The topological polar surface area (TPSA) is 35.5 Å². The third kappa shape index (κ3) is 5.70. The van der Waals surface area contributed by atoms with Crippen LogP contribution < -0.4 is 0 Å². The predicted molar refractivity (Wildman–Crippen MR) is 62.3 cm³/mol. The lowest BCUT2D eigenvalue weighted by atomic mass is 10.1. The zero-order valence-electron chi connectivity index (χ0n) is 9.91. The standard InChI is InChI=1S/C11H23O3P/c1-3-4-5-6-7-8-9-11-10-13-15(2,12)14-11/h11H,3-10H2,1-2H3. The fraction of sp³-hybridized carbons (Fsp3) is 1.00. The van der Waals surface area contributed by atoms with Crippen molar-refractivity contribution in [1.29, 1.82) is 0 Å². The van der Waals surface area contributed by atoms with Gasteiger partial charge >= 0.3 is 7.60 Å². The molecule has 1 saturated heterocycles. The molecule has 90 valence electrons. The van der Waals surface area contributed by atoms with E-state index in [0.717, 1.165) is 12.8 Å². The van der Waals surface area contributed by atoms with Gasteiger partial charge in [-0.25, -0.2) is 0 Å². The van der Waals surface area contributed by atoms with Gasteiger partial charge in [0.15, 0.2) is 0 Å². The summed E-state index contributed by atoms with van der Waals surface area (Å²) in [5.41, 5.74) is 0. The molecule has 0 amide bonds. The summed E-state index contributed by atoms with van der Waals surface area (Å²) < 4.78 is 21.7. The van der Waals surface area contributed by atoms with Gasteiger partial charge in [0, 0.05) is 6.66 Å². The van der Waals surface area contributed by atoms with Gasteiger partial charge in [-0.15, -0.1) is 0 Å². The van der Waals surface area contributed by atoms with Crippen molar-refractivity contribution in [3.8, 4) is 0 Å². The van der Waals surface area contributed by atoms with E-state index in [9.17, 15) is 4.57 Å². The average Bonchev–Trinajstić information content (AvgIpc) is 2.52. The van der Waals surface area contributed by atoms with Crippen LogP contribution in [-0.4, -0.2) is 19.4 Å². The molecule has 3 nitrogen and oxygen atoms in total. The lowest BCUT2D eigenvalue weighted by Crippen LogP contribution is -2.08. The summed E-state index contributed by atoms with van der Waals surface area (Å²) in [5, 5.41) is 0. The molecule has 0 aromatic heterocycles. The Bertz CT molecular complexity index is 218. The third-order valence-electron chi connectivity index (χ3n) is 2.72. The predicted octanol–water partition coefficient (Wildman–Crippen LogP) is 3.98. The number of hydrogen-bond acceptors (Lipinski definition) is 3. The second kappa shape index (κ2) is 6.67. The van der Waals surface area contributed by atoms with Crippen molar-refractivity contribution in [3.63, 3.8) is 0 Å². The maximum atomic E-state index is 11.4. The molecule has 0 spiro atoms. The molecule has 15 heavy (non-hydrogen) atoms. The Morgan fingerprint density at radius 1 is 1.20 bits per heavy atom. The number of hydrogen-bond donors (Lipinski definition) is 0. The molecule has 2 unspecified atom stereocenters. The number of rotatable bonds is 7. The van der Waals surface area contributed by atoms with Gasteiger partial charge in [0.2, 0.25) is 0 Å². The van der Waals surface area contributed by atoms with Crippen LogP contribution in [-0.2, 0) is 13.6 Å². The van der Waals surface area contributed by atoms with E-state index in [2.05, 4.69) is 6.92 Å². The highest BCUT2D eigenvalue weighted by molar-refractivity contribution is 7.53. The Kier molecular flexibility index (Phi) is 5.88. The van der Waals surface area contributed by atoms with Gasteiger partial charge in [0.1, 0.15) is 0 Å². The van der Waals surface area contributed by atoms with Crippen molar-refractivity contribution >= 4 is 7.60 Å². The summed E-state index contributed by atoms with van der Waals surface area (Å²) >= 11 is 0. The second-order valence-electron chi connectivity index (χ2n) is 4.35. The molecule has 0 radical (unpaired) electrons. The van der Waals surface area contributed by atoms with Crippen molar-refractivity contribution in [1.82, 2.24) is 0 Å². The molecule has 0 N–H and O–H groups in total. The summed E-state index contributed by atoms with van der Waals surface area (Å²) in [5.74, 6) is 0. The van der Waals surface area contributed by atoms with Crippen molar-refractivity contribution in [3.05, 3.63) is 0 Å². The Labute approximate surface area is 93.1 Å². The van der Waals surface area contributed by atoms with Crippen LogP contribution in [0.1, 0.15) is 51.9 Å². The van der Waals surface area contributed by atoms with Gasteiger partial charge in [0.25, 0.3) is 0 Å². The van der Waals surface area contributed by atoms with E-state index >= 15 is 0 Å². The molecule has 1 heterocycles. The Morgan fingerprint density at radius 3 is 2.47 bits per heavy atom. The molecule has 1 rings (SSSR count). The second-order valence-corrected chi connectivity index (χ2v) is 6.36. The Hall–Kier alpha value is 0.150. The van der Waals surface area contributed by atoms with E-state index in [-0.39, 0.29) is 6.10 Å². The van der Waals surface area contributed by atoms with E-state index in [1.807, 2.05) is 0 Å². The maximum absolute atomic E-state index is 11.4. The zero-order valence-corrected chi connectivity index (χ0v) is 10.8. The van der Waals surface area contributed by atoms with Crippen molar-refractivity contribution in [2.75, 3.05) is 13.3 Å². The third-order valence-corrected chi connectivity index (χ3v) is 4.01. The smallest absolute Gasteiger partial charge is 0.306 e. The average molecular weight is 234 g/mol. The highest BCUT2D eigenvalue weighted by Crippen LogP contribution is 2.50. The molecule has 0 aromatic carbocycles. The van der Waals surface area contributed by atoms with Gasteiger partial charge in [-0.3, -0.25) is 4.57 Å². The van der Waals surface area contributed by atoms with E-state index in [0.29, 0.717) is 6.61 Å². The largest absolute Gasteiger partial charge is 0.328 e. The van der Waals surface area contributed by atoms with Crippen LogP contribution in [0.25, 0.3) is 0 Å². The van der Waals surface area contributed by atoms with Crippen LogP contribution in [0.3, 0.4) is 0 Å². The molecular weight excluding hydrogens is 211 g/mol. The highest BCUT2D eigenvalue weighted by atomic mass is 31.2. The van der Waals surface area contributed by atoms with Crippen LogP contribution >= 0.6 is 7.60 Å². The van der Waals surface area contributed by atoms with Crippen LogP contribution in [0.15, 0.2) is 0 Å². The quantitative estimate of drug-likeness (QED) is 0.493. The van der Waals surface area contributed by atoms with Crippen LogP contribution in [0.4, 0.5) is 0 Å². The fourth-order valence-electron chi connectivity index (χ4n) is 1.84. The summed E-state index contributed by atoms with van der Waals surface area (Å²) in [6.07, 6.45) is 8.77. The zero-order chi connectivity index (χ0) is 11.1. The molecule has 0 aliphatic carbocycles. The number of unbranched alkanes of at least 4 members (excludes halogenated alkanes) is 5. The molecular formula is C11H23O3P. The summed E-state index contributed by atoms with van der Waals surface area (Å²) in [4.78, 5) is 0. The summed E-state index contributed by atoms with van der Waals surface area (Å²) in [6, 6.07) is 0. The lowest BCUT2D eigenvalue weighted by molar-refractivity contribution is 0.217. The maximum Gasteiger partial charge on any atom is 0.328 e. The first-order chi connectivity index (χ1) is 7.14. The summed E-state index contributed by atoms with van der Waals surface area (Å²) in [7, 11) is -2.67. The van der Waals surface area contributed by atoms with Gasteiger partial charge in [0.05, 0.1) is 12.7 Å². The molecule has 0 saturated carbocycles. The Balaban J connectivity index is 1.95. The normalized spacial score (nSPS) is 30.9. The molecule has 2 atom stereocenters. The van der Waals surface area contributed by atoms with E-state index in [1.54, 1.807) is 6.66 Å². The molecule has 4 heteroatoms. The molecule has 1 aliphatic rings. The first kappa shape index (κ1) is 13.2. The Morgan fingerprint density at radius 2 is 1.87 bits per heavy atom. The van der Waals surface area contributed by atoms with Gasteiger partial charge in [-0.2, -0.15) is 0 Å². The first-order valence-electron chi connectivity index (χ1n) is 6.04. The minimum Gasteiger partial charge on any atom is -0.306 e. The minimum atomic E-state index is -2.67. The van der Waals surface area contributed by atoms with E-state index in [4.69, 9.17) is 9.05 Å². The molecule has 0 bridgehead atoms. The van der Waals surface area contributed by atoms with Gasteiger partial charge in [-0.05, 0) is 6.42 Å². The van der Waals surface area contributed by atoms with E-state index in [1.165, 1.54) is 32.1 Å². The van der Waals surface area contributed by atoms with Crippen molar-refractivity contribution < 1.29 is 13.6 Å².